The lowest BCUT2D eigenvalue weighted by Crippen LogP contribution is -2.41. The minimum absolute atomic E-state index is 0.0611. The molecule has 0 amide bonds. The van der Waals surface area contributed by atoms with Crippen molar-refractivity contribution in [3.8, 4) is 0 Å². The molecule has 0 aromatic rings. The van der Waals surface area contributed by atoms with Gasteiger partial charge >= 0.3 is 5.97 Å². The Balaban J connectivity index is 2.45. The molecule has 2 N–H and O–H groups in total. The molecule has 0 bridgehead atoms. The lowest BCUT2D eigenvalue weighted by Gasteiger charge is -2.30. The molecule has 4 heteroatoms. The molecule has 3 atom stereocenters. The molecular formula is C12H24N2O2. The molecule has 1 fully saturated rings. The summed E-state index contributed by atoms with van der Waals surface area (Å²) in [6.45, 7) is 3.42. The highest BCUT2D eigenvalue weighted by Crippen LogP contribution is 2.28. The Kier molecular flexibility index (Phi) is 5.22. The lowest BCUT2D eigenvalue weighted by atomic mass is 10.0. The van der Waals surface area contributed by atoms with Gasteiger partial charge in [-0.3, -0.25) is 4.79 Å². The summed E-state index contributed by atoms with van der Waals surface area (Å²) >= 11 is 0. The van der Waals surface area contributed by atoms with Gasteiger partial charge in [-0.2, -0.15) is 0 Å². The van der Waals surface area contributed by atoms with Gasteiger partial charge in [0.2, 0.25) is 0 Å². The molecule has 1 saturated carbocycles. The summed E-state index contributed by atoms with van der Waals surface area (Å²) in [5.74, 6) is 0.401. The molecule has 0 aromatic heterocycles. The molecule has 0 heterocycles. The quantitative estimate of drug-likeness (QED) is 0.709. The number of nitrogens with two attached hydrogens (primary N) is 1. The molecule has 1 rings (SSSR count). The van der Waals surface area contributed by atoms with Crippen LogP contribution >= 0.6 is 0 Å². The van der Waals surface area contributed by atoms with E-state index in [1.807, 2.05) is 6.92 Å². The summed E-state index contributed by atoms with van der Waals surface area (Å²) in [5.41, 5.74) is 5.76. The smallest absolute Gasteiger partial charge is 0.309 e. The van der Waals surface area contributed by atoms with Crippen LogP contribution in [0, 0.1) is 11.8 Å². The van der Waals surface area contributed by atoms with E-state index in [1.165, 1.54) is 26.4 Å². The van der Waals surface area contributed by atoms with Crippen LogP contribution in [-0.4, -0.2) is 44.2 Å². The highest BCUT2D eigenvalue weighted by atomic mass is 16.5. The van der Waals surface area contributed by atoms with E-state index >= 15 is 0 Å². The molecule has 3 unspecified atom stereocenters. The van der Waals surface area contributed by atoms with Crippen molar-refractivity contribution in [3.63, 3.8) is 0 Å². The van der Waals surface area contributed by atoms with Crippen LogP contribution in [0.3, 0.4) is 0 Å². The maximum absolute atomic E-state index is 11.3. The summed E-state index contributed by atoms with van der Waals surface area (Å²) in [7, 11) is 3.52. The van der Waals surface area contributed by atoms with Gasteiger partial charge in [-0.1, -0.05) is 13.3 Å². The summed E-state index contributed by atoms with van der Waals surface area (Å²) in [4.78, 5) is 13.6. The molecule has 0 saturated heterocycles. The van der Waals surface area contributed by atoms with Crippen LogP contribution < -0.4 is 5.73 Å². The van der Waals surface area contributed by atoms with Crippen LogP contribution in [0.4, 0.5) is 0 Å². The van der Waals surface area contributed by atoms with E-state index in [0.717, 1.165) is 13.1 Å². The van der Waals surface area contributed by atoms with Gasteiger partial charge in [0.25, 0.3) is 0 Å². The Bertz CT molecular complexity index is 233. The molecule has 16 heavy (non-hydrogen) atoms. The van der Waals surface area contributed by atoms with Crippen LogP contribution in [-0.2, 0) is 9.53 Å². The number of nitrogens with zero attached hydrogens (tertiary/aromatic N) is 1. The van der Waals surface area contributed by atoms with Gasteiger partial charge in [-0.25, -0.2) is 0 Å². The van der Waals surface area contributed by atoms with Gasteiger partial charge in [0, 0.05) is 12.6 Å². The number of hydrogen-bond donors (Lipinski definition) is 1. The molecular weight excluding hydrogens is 204 g/mol. The van der Waals surface area contributed by atoms with Gasteiger partial charge in [-0.15, -0.1) is 0 Å². The Morgan fingerprint density at radius 2 is 2.25 bits per heavy atom. The van der Waals surface area contributed by atoms with E-state index in [1.54, 1.807) is 0 Å². The van der Waals surface area contributed by atoms with Crippen molar-refractivity contribution in [2.75, 3.05) is 27.2 Å². The largest absolute Gasteiger partial charge is 0.469 e. The molecule has 1 aliphatic carbocycles. The average Bonchev–Trinajstić information content (AvgIpc) is 2.75. The zero-order valence-corrected chi connectivity index (χ0v) is 10.6. The number of ether oxygens (including phenoxy) is 1. The summed E-state index contributed by atoms with van der Waals surface area (Å²) in [6, 6.07) is 0.539. The molecule has 1 aliphatic rings. The van der Waals surface area contributed by atoms with Crippen LogP contribution in [0.15, 0.2) is 0 Å². The zero-order valence-electron chi connectivity index (χ0n) is 10.6. The van der Waals surface area contributed by atoms with Gasteiger partial charge in [0.05, 0.1) is 13.0 Å². The first-order valence-corrected chi connectivity index (χ1v) is 6.08. The Morgan fingerprint density at radius 3 is 2.81 bits per heavy atom. The monoisotopic (exact) mass is 228 g/mol. The van der Waals surface area contributed by atoms with E-state index in [9.17, 15) is 4.79 Å². The van der Waals surface area contributed by atoms with Crippen molar-refractivity contribution in [1.29, 1.82) is 0 Å². The normalized spacial score (nSPS) is 27.1. The van der Waals surface area contributed by atoms with Gasteiger partial charge in [0.15, 0.2) is 0 Å². The predicted molar refractivity (Wildman–Crippen MR) is 64.0 cm³/mol. The second kappa shape index (κ2) is 6.21. The van der Waals surface area contributed by atoms with Crippen LogP contribution in [0.1, 0.15) is 26.2 Å². The average molecular weight is 228 g/mol. The Labute approximate surface area is 98.1 Å². The van der Waals surface area contributed by atoms with E-state index in [-0.39, 0.29) is 11.9 Å². The van der Waals surface area contributed by atoms with Gasteiger partial charge < -0.3 is 15.4 Å². The Morgan fingerprint density at radius 1 is 1.56 bits per heavy atom. The number of esters is 1. The number of carbonyl (C=O) groups is 1. The molecule has 0 spiro atoms. The van der Waals surface area contributed by atoms with E-state index in [4.69, 9.17) is 10.5 Å². The predicted octanol–water partition coefficient (Wildman–Crippen LogP) is 0.855. The number of methoxy groups -OCH3 is 1. The van der Waals surface area contributed by atoms with Crippen LogP contribution in [0.5, 0.6) is 0 Å². The maximum Gasteiger partial charge on any atom is 0.309 e. The fourth-order valence-electron chi connectivity index (χ4n) is 2.72. The van der Waals surface area contributed by atoms with Crippen molar-refractivity contribution < 1.29 is 9.53 Å². The van der Waals surface area contributed by atoms with E-state index in [0.29, 0.717) is 12.0 Å². The van der Waals surface area contributed by atoms with Crippen molar-refractivity contribution in [2.45, 2.75) is 32.2 Å². The number of hydrogen-bond acceptors (Lipinski definition) is 4. The standard InChI is InChI=1S/C12H24N2O2/c1-9(12(15)16-3)8-14(2)11-6-4-5-10(11)7-13/h9-11H,4-8,13H2,1-3H3. The minimum Gasteiger partial charge on any atom is -0.469 e. The summed E-state index contributed by atoms with van der Waals surface area (Å²) in [6.07, 6.45) is 3.67. The second-order valence-electron chi connectivity index (χ2n) is 4.86. The van der Waals surface area contributed by atoms with Crippen LogP contribution in [0.2, 0.25) is 0 Å². The molecule has 4 nitrogen and oxygen atoms in total. The topological polar surface area (TPSA) is 55.6 Å². The third kappa shape index (κ3) is 3.19. The maximum atomic E-state index is 11.3. The molecule has 0 aliphatic heterocycles. The van der Waals surface area contributed by atoms with Crippen molar-refractivity contribution >= 4 is 5.97 Å². The van der Waals surface area contributed by atoms with Gasteiger partial charge in [-0.05, 0) is 32.4 Å². The van der Waals surface area contributed by atoms with E-state index in [2.05, 4.69) is 11.9 Å². The first kappa shape index (κ1) is 13.5. The summed E-state index contributed by atoms with van der Waals surface area (Å²) in [5, 5.41) is 0. The highest BCUT2D eigenvalue weighted by molar-refractivity contribution is 5.72. The molecule has 94 valence electrons. The first-order chi connectivity index (χ1) is 7.60. The van der Waals surface area contributed by atoms with Crippen molar-refractivity contribution in [3.05, 3.63) is 0 Å². The van der Waals surface area contributed by atoms with Crippen LogP contribution in [0.25, 0.3) is 0 Å². The minimum atomic E-state index is -0.130. The number of rotatable bonds is 5. The molecule has 0 radical (unpaired) electrons. The summed E-state index contributed by atoms with van der Waals surface area (Å²) < 4.78 is 4.74. The zero-order chi connectivity index (χ0) is 12.1. The Hall–Kier alpha value is -0.610. The second-order valence-corrected chi connectivity index (χ2v) is 4.86. The highest BCUT2D eigenvalue weighted by Gasteiger charge is 2.30. The van der Waals surface area contributed by atoms with Crippen molar-refractivity contribution in [2.24, 2.45) is 17.6 Å². The number of carbonyl (C=O) groups excluding carboxylic acids is 1. The van der Waals surface area contributed by atoms with Gasteiger partial charge in [0.1, 0.15) is 0 Å². The fourth-order valence-corrected chi connectivity index (χ4v) is 2.72. The lowest BCUT2D eigenvalue weighted by molar-refractivity contribution is -0.145. The molecule has 0 aromatic carbocycles. The first-order valence-electron chi connectivity index (χ1n) is 6.08. The third-order valence-corrected chi connectivity index (χ3v) is 3.65. The SMILES string of the molecule is COC(=O)C(C)CN(C)C1CCCC1CN. The van der Waals surface area contributed by atoms with Crippen molar-refractivity contribution in [1.82, 2.24) is 4.90 Å². The van der Waals surface area contributed by atoms with E-state index < -0.39 is 0 Å². The third-order valence-electron chi connectivity index (χ3n) is 3.65. The fraction of sp³-hybridized carbons (Fsp3) is 0.917.